The monoisotopic (exact) mass is 270 g/mol. The predicted octanol–water partition coefficient (Wildman–Crippen LogP) is 0.172. The Hall–Kier alpha value is -1.47. The quantitative estimate of drug-likeness (QED) is 0.523. The number of carbonyl (C=O) groups excluding carboxylic acids is 1. The summed E-state index contributed by atoms with van der Waals surface area (Å²) in [7, 11) is -0.950. The zero-order valence-electron chi connectivity index (χ0n) is 10.7. The van der Waals surface area contributed by atoms with Gasteiger partial charge in [0.2, 0.25) is 0 Å². The van der Waals surface area contributed by atoms with Crippen molar-refractivity contribution in [1.29, 1.82) is 0 Å². The predicted molar refractivity (Wildman–Crippen MR) is 72.6 cm³/mol. The molecule has 100 valence electrons. The molecule has 0 aromatic carbocycles. The van der Waals surface area contributed by atoms with Crippen LogP contribution in [0.2, 0.25) is 0 Å². The second-order valence-electron chi connectivity index (χ2n) is 4.13. The SMILES string of the molecule is Cc1cc(NN)c(C(=O)NC(C)CS(C)=O)cn1. The van der Waals surface area contributed by atoms with Crippen LogP contribution in [0.5, 0.6) is 0 Å². The average molecular weight is 270 g/mol. The van der Waals surface area contributed by atoms with Crippen LogP contribution in [0, 0.1) is 6.92 Å². The topological polar surface area (TPSA) is 97.1 Å². The van der Waals surface area contributed by atoms with Crippen LogP contribution in [0.15, 0.2) is 12.3 Å². The summed E-state index contributed by atoms with van der Waals surface area (Å²) in [5, 5.41) is 2.75. The van der Waals surface area contributed by atoms with E-state index in [0.717, 1.165) is 5.69 Å². The van der Waals surface area contributed by atoms with Crippen molar-refractivity contribution < 1.29 is 9.00 Å². The molecule has 1 rings (SSSR count). The number of amides is 1. The molecule has 0 aliphatic rings. The van der Waals surface area contributed by atoms with Gasteiger partial charge in [0.15, 0.2) is 0 Å². The van der Waals surface area contributed by atoms with Crippen molar-refractivity contribution in [3.05, 3.63) is 23.5 Å². The number of hydrazine groups is 1. The lowest BCUT2D eigenvalue weighted by atomic mass is 10.2. The second-order valence-corrected chi connectivity index (χ2v) is 5.61. The number of carbonyl (C=O) groups is 1. The average Bonchev–Trinajstić information content (AvgIpc) is 2.27. The molecule has 2 unspecified atom stereocenters. The molecule has 0 fully saturated rings. The van der Waals surface area contributed by atoms with Gasteiger partial charge in [-0.05, 0) is 19.9 Å². The summed E-state index contributed by atoms with van der Waals surface area (Å²) in [4.78, 5) is 16.0. The molecule has 18 heavy (non-hydrogen) atoms. The summed E-state index contributed by atoms with van der Waals surface area (Å²) in [5.74, 6) is 5.49. The molecule has 4 N–H and O–H groups in total. The smallest absolute Gasteiger partial charge is 0.255 e. The Morgan fingerprint density at radius 1 is 1.61 bits per heavy atom. The van der Waals surface area contributed by atoms with Gasteiger partial charge >= 0.3 is 0 Å². The molecule has 7 heteroatoms. The number of nitrogens with one attached hydrogen (secondary N) is 2. The minimum absolute atomic E-state index is 0.171. The summed E-state index contributed by atoms with van der Waals surface area (Å²) < 4.78 is 11.1. The van der Waals surface area contributed by atoms with E-state index in [-0.39, 0.29) is 11.9 Å². The second kappa shape index (κ2) is 6.46. The van der Waals surface area contributed by atoms with Gasteiger partial charge in [0.25, 0.3) is 5.91 Å². The molecule has 1 heterocycles. The normalized spacial score (nSPS) is 13.8. The number of aryl methyl sites for hydroxylation is 1. The van der Waals surface area contributed by atoms with Crippen LogP contribution >= 0.6 is 0 Å². The molecule has 1 aromatic rings. The van der Waals surface area contributed by atoms with Crippen molar-refractivity contribution in [3.63, 3.8) is 0 Å². The van der Waals surface area contributed by atoms with Crippen LogP contribution in [-0.4, -0.2) is 33.2 Å². The highest BCUT2D eigenvalue weighted by Gasteiger charge is 2.14. The fraction of sp³-hybridized carbons (Fsp3) is 0.455. The highest BCUT2D eigenvalue weighted by atomic mass is 32.2. The van der Waals surface area contributed by atoms with Gasteiger partial charge < -0.3 is 10.7 Å². The van der Waals surface area contributed by atoms with Gasteiger partial charge in [-0.25, -0.2) is 0 Å². The number of nitrogens with zero attached hydrogens (tertiary/aromatic N) is 1. The van der Waals surface area contributed by atoms with E-state index in [1.54, 1.807) is 19.2 Å². The van der Waals surface area contributed by atoms with Gasteiger partial charge in [-0.3, -0.25) is 19.8 Å². The van der Waals surface area contributed by atoms with E-state index >= 15 is 0 Å². The van der Waals surface area contributed by atoms with Crippen molar-refractivity contribution in [2.24, 2.45) is 5.84 Å². The Kier molecular flexibility index (Phi) is 5.24. The number of hydrogen-bond donors (Lipinski definition) is 3. The third-order valence-corrected chi connectivity index (χ3v) is 3.27. The molecule has 0 aliphatic carbocycles. The highest BCUT2D eigenvalue weighted by molar-refractivity contribution is 7.84. The Bertz CT molecular complexity index is 464. The van der Waals surface area contributed by atoms with Crippen molar-refractivity contribution in [3.8, 4) is 0 Å². The Labute approximate surface area is 109 Å². The molecule has 0 saturated carbocycles. The number of anilines is 1. The van der Waals surface area contributed by atoms with Crippen molar-refractivity contribution >= 4 is 22.4 Å². The largest absolute Gasteiger partial charge is 0.349 e. The van der Waals surface area contributed by atoms with Gasteiger partial charge in [0, 0.05) is 40.7 Å². The number of aromatic nitrogens is 1. The van der Waals surface area contributed by atoms with E-state index in [9.17, 15) is 9.00 Å². The Balaban J connectivity index is 2.81. The van der Waals surface area contributed by atoms with E-state index in [0.29, 0.717) is 17.0 Å². The van der Waals surface area contributed by atoms with Gasteiger partial charge in [0.05, 0.1) is 11.3 Å². The maximum absolute atomic E-state index is 12.0. The van der Waals surface area contributed by atoms with Gasteiger partial charge in [-0.2, -0.15) is 0 Å². The van der Waals surface area contributed by atoms with Crippen molar-refractivity contribution in [1.82, 2.24) is 10.3 Å². The molecule has 0 bridgehead atoms. The first kappa shape index (κ1) is 14.6. The standard InChI is InChI=1S/C11H18N4O2S/c1-7-4-10(15-12)9(5-13-7)11(16)14-8(2)6-18(3)17/h4-5,8H,6,12H2,1-3H3,(H,13,15)(H,14,16). The molecule has 0 saturated heterocycles. The van der Waals surface area contributed by atoms with Crippen LogP contribution < -0.4 is 16.6 Å². The Morgan fingerprint density at radius 2 is 2.28 bits per heavy atom. The zero-order valence-corrected chi connectivity index (χ0v) is 11.5. The molecule has 1 amide bonds. The van der Waals surface area contributed by atoms with E-state index < -0.39 is 10.8 Å². The fourth-order valence-electron chi connectivity index (χ4n) is 1.56. The fourth-order valence-corrected chi connectivity index (χ4v) is 2.34. The number of nitrogen functional groups attached to an aromatic ring is 1. The number of nitrogens with two attached hydrogens (primary N) is 1. The maximum Gasteiger partial charge on any atom is 0.255 e. The zero-order chi connectivity index (χ0) is 13.7. The molecule has 0 aliphatic heterocycles. The lowest BCUT2D eigenvalue weighted by Crippen LogP contribution is -2.36. The molecule has 0 spiro atoms. The summed E-state index contributed by atoms with van der Waals surface area (Å²) in [6.07, 6.45) is 3.07. The van der Waals surface area contributed by atoms with Gasteiger partial charge in [-0.15, -0.1) is 0 Å². The van der Waals surface area contributed by atoms with E-state index in [1.165, 1.54) is 6.20 Å². The van der Waals surface area contributed by atoms with Gasteiger partial charge in [0.1, 0.15) is 0 Å². The third-order valence-electron chi connectivity index (χ3n) is 2.30. The van der Waals surface area contributed by atoms with Crippen LogP contribution in [0.3, 0.4) is 0 Å². The first-order valence-electron chi connectivity index (χ1n) is 5.48. The molecular weight excluding hydrogens is 252 g/mol. The lowest BCUT2D eigenvalue weighted by molar-refractivity contribution is 0.0944. The van der Waals surface area contributed by atoms with Crippen LogP contribution in [0.25, 0.3) is 0 Å². The molecular formula is C11H18N4O2S. The van der Waals surface area contributed by atoms with E-state index in [2.05, 4.69) is 15.7 Å². The van der Waals surface area contributed by atoms with E-state index in [4.69, 9.17) is 5.84 Å². The number of pyridine rings is 1. The lowest BCUT2D eigenvalue weighted by Gasteiger charge is -2.14. The minimum atomic E-state index is -0.950. The van der Waals surface area contributed by atoms with Crippen molar-refractivity contribution in [2.75, 3.05) is 17.4 Å². The van der Waals surface area contributed by atoms with Crippen LogP contribution in [0.4, 0.5) is 5.69 Å². The molecule has 0 radical (unpaired) electrons. The summed E-state index contributed by atoms with van der Waals surface area (Å²) in [6, 6.07) is 1.52. The summed E-state index contributed by atoms with van der Waals surface area (Å²) in [5.41, 5.74) is 4.13. The van der Waals surface area contributed by atoms with Crippen molar-refractivity contribution in [2.45, 2.75) is 19.9 Å². The van der Waals surface area contributed by atoms with Crippen LogP contribution in [-0.2, 0) is 10.8 Å². The maximum atomic E-state index is 12.0. The summed E-state index contributed by atoms with van der Waals surface area (Å²) >= 11 is 0. The highest BCUT2D eigenvalue weighted by Crippen LogP contribution is 2.14. The third kappa shape index (κ3) is 4.08. The first-order valence-corrected chi connectivity index (χ1v) is 7.21. The van der Waals surface area contributed by atoms with E-state index in [1.807, 2.05) is 6.92 Å². The van der Waals surface area contributed by atoms with Gasteiger partial charge in [-0.1, -0.05) is 0 Å². The van der Waals surface area contributed by atoms with Crippen LogP contribution in [0.1, 0.15) is 23.0 Å². The molecule has 6 nitrogen and oxygen atoms in total. The first-order chi connectivity index (χ1) is 8.43. The number of rotatable bonds is 5. The summed E-state index contributed by atoms with van der Waals surface area (Å²) in [6.45, 7) is 3.61. The number of hydrogen-bond acceptors (Lipinski definition) is 5. The molecule has 1 aromatic heterocycles. The molecule has 2 atom stereocenters. The minimum Gasteiger partial charge on any atom is -0.349 e. The Morgan fingerprint density at radius 3 is 2.83 bits per heavy atom.